The first-order chi connectivity index (χ1) is 12.1. The van der Waals surface area contributed by atoms with Crippen molar-refractivity contribution >= 4 is 46.6 Å². The number of allylic oxidation sites excluding steroid dienone is 1. The zero-order valence-corrected chi connectivity index (χ0v) is 15.6. The highest BCUT2D eigenvalue weighted by Gasteiger charge is 2.20. The molecule has 1 aliphatic heterocycles. The number of benzene rings is 1. The van der Waals surface area contributed by atoms with Crippen LogP contribution in [0, 0.1) is 0 Å². The number of hydrogen-bond acceptors (Lipinski definition) is 6. The lowest BCUT2D eigenvalue weighted by Gasteiger charge is -2.13. The van der Waals surface area contributed by atoms with Gasteiger partial charge >= 0.3 is 0 Å². The molecule has 1 aliphatic rings. The van der Waals surface area contributed by atoms with Crippen molar-refractivity contribution in [3.05, 3.63) is 34.7 Å². The van der Waals surface area contributed by atoms with E-state index < -0.39 is 11.2 Å². The predicted molar refractivity (Wildman–Crippen MR) is 105 cm³/mol. The molecule has 0 bridgehead atoms. The third kappa shape index (κ3) is 5.17. The van der Waals surface area contributed by atoms with Gasteiger partial charge in [-0.25, -0.2) is 4.21 Å². The fourth-order valence-electron chi connectivity index (χ4n) is 2.11. The van der Waals surface area contributed by atoms with Crippen LogP contribution in [0.2, 0.25) is 0 Å². The molecule has 0 radical (unpaired) electrons. The van der Waals surface area contributed by atoms with E-state index in [4.69, 9.17) is 0 Å². The van der Waals surface area contributed by atoms with Crippen LogP contribution in [0.3, 0.4) is 0 Å². The van der Waals surface area contributed by atoms with Crippen LogP contribution in [0.15, 0.2) is 38.0 Å². The molecule has 1 aromatic carbocycles. The topological polar surface area (TPSA) is 103 Å². The van der Waals surface area contributed by atoms with Crippen LogP contribution in [0.1, 0.15) is 30.6 Å². The number of carbonyl (C=O) groups excluding carboxylic acids is 1. The Balaban J connectivity index is 2.12. The van der Waals surface area contributed by atoms with Crippen molar-refractivity contribution in [1.82, 2.24) is 5.32 Å². The van der Waals surface area contributed by atoms with Crippen LogP contribution in [0.5, 0.6) is 5.75 Å². The minimum Gasteiger partial charge on any atom is -0.505 e. The number of phenols is 1. The average molecular weight is 380 g/mol. The minimum atomic E-state index is -1.72. The molecule has 134 valence electrons. The number of hydrogen-bond donors (Lipinski definition) is 3. The van der Waals surface area contributed by atoms with Crippen molar-refractivity contribution in [2.75, 3.05) is 17.6 Å². The van der Waals surface area contributed by atoms with Crippen molar-refractivity contribution < 1.29 is 14.1 Å². The van der Waals surface area contributed by atoms with Gasteiger partial charge in [-0.3, -0.25) is 4.79 Å². The molecule has 9 heteroatoms. The number of anilines is 1. The second kappa shape index (κ2) is 9.38. The third-order valence-electron chi connectivity index (χ3n) is 3.20. The summed E-state index contributed by atoms with van der Waals surface area (Å²) in [6, 6.07) is 4.72. The van der Waals surface area contributed by atoms with Gasteiger partial charge in [0, 0.05) is 6.54 Å². The van der Waals surface area contributed by atoms with E-state index in [1.807, 2.05) is 0 Å². The SMILES string of the molecule is CC/C=C(/CNC1=NS(=O)N=C1Nc1cccc(C=O)c1O)SCC. The van der Waals surface area contributed by atoms with Crippen LogP contribution in [0.25, 0.3) is 0 Å². The number of carbonyl (C=O) groups is 1. The second-order valence-electron chi connectivity index (χ2n) is 4.96. The van der Waals surface area contributed by atoms with Crippen molar-refractivity contribution in [2.45, 2.75) is 20.3 Å². The van der Waals surface area contributed by atoms with Gasteiger partial charge in [-0.1, -0.05) is 26.0 Å². The summed E-state index contributed by atoms with van der Waals surface area (Å²) in [5.74, 6) is 1.38. The molecule has 1 atom stereocenters. The van der Waals surface area contributed by atoms with Gasteiger partial charge in [0.2, 0.25) is 0 Å². The smallest absolute Gasteiger partial charge is 0.269 e. The number of nitrogens with zero attached hydrogens (tertiary/aromatic N) is 2. The molecule has 25 heavy (non-hydrogen) atoms. The molecule has 1 unspecified atom stereocenters. The molecule has 0 spiro atoms. The van der Waals surface area contributed by atoms with E-state index in [9.17, 15) is 14.1 Å². The summed E-state index contributed by atoms with van der Waals surface area (Å²) < 4.78 is 19.5. The van der Waals surface area contributed by atoms with Gasteiger partial charge in [-0.2, -0.15) is 0 Å². The highest BCUT2D eigenvalue weighted by Crippen LogP contribution is 2.26. The summed E-state index contributed by atoms with van der Waals surface area (Å²) in [4.78, 5) is 12.1. The molecular weight excluding hydrogens is 360 g/mol. The molecule has 0 aliphatic carbocycles. The Bertz CT molecular complexity index is 760. The van der Waals surface area contributed by atoms with Crippen molar-refractivity contribution in [1.29, 1.82) is 0 Å². The molecule has 0 amide bonds. The summed E-state index contributed by atoms with van der Waals surface area (Å²) in [6.07, 6.45) is 3.61. The lowest BCUT2D eigenvalue weighted by molar-refractivity contribution is 0.112. The largest absolute Gasteiger partial charge is 0.505 e. The Morgan fingerprint density at radius 3 is 2.76 bits per heavy atom. The van der Waals surface area contributed by atoms with Crippen LogP contribution in [0.4, 0.5) is 5.69 Å². The number of para-hydroxylation sites is 1. The molecule has 1 heterocycles. The zero-order valence-electron chi connectivity index (χ0n) is 14.0. The summed E-state index contributed by atoms with van der Waals surface area (Å²) in [6.45, 7) is 4.69. The van der Waals surface area contributed by atoms with Gasteiger partial charge in [0.05, 0.1) is 11.3 Å². The maximum absolute atomic E-state index is 11.7. The standard InChI is InChI=1S/C16H20N4O3S2/c1-3-6-12(24-4-2)9-17-15-16(20-25(23)19-15)18-13-8-5-7-11(10-21)14(13)22/h5-8,10,22H,3-4,9H2,1-2H3,(H,17,19)(H,18,20)/b12-6-. The number of thioether (sulfide) groups is 1. The zero-order chi connectivity index (χ0) is 18.2. The highest BCUT2D eigenvalue weighted by atomic mass is 32.2. The van der Waals surface area contributed by atoms with E-state index in [2.05, 4.69) is 39.4 Å². The molecule has 0 saturated carbocycles. The van der Waals surface area contributed by atoms with Crippen LogP contribution >= 0.6 is 11.8 Å². The molecule has 2 rings (SSSR count). The first kappa shape index (κ1) is 19.2. The lowest BCUT2D eigenvalue weighted by Crippen LogP contribution is -2.34. The Hall–Kier alpha value is -2.13. The Morgan fingerprint density at radius 1 is 1.32 bits per heavy atom. The number of rotatable bonds is 7. The van der Waals surface area contributed by atoms with Gasteiger partial charge < -0.3 is 15.7 Å². The van der Waals surface area contributed by atoms with Crippen molar-refractivity contribution in [3.8, 4) is 5.75 Å². The summed E-state index contributed by atoms with van der Waals surface area (Å²) >= 11 is 0.00725. The molecule has 0 fully saturated rings. The molecule has 3 N–H and O–H groups in total. The summed E-state index contributed by atoms with van der Waals surface area (Å²) in [5.41, 5.74) is 0.452. The van der Waals surface area contributed by atoms with E-state index in [0.29, 0.717) is 24.4 Å². The molecular formula is C16H20N4O3S2. The number of aldehydes is 1. The highest BCUT2D eigenvalue weighted by molar-refractivity contribution is 8.03. The molecule has 0 aromatic heterocycles. The van der Waals surface area contributed by atoms with Gasteiger partial charge in [-0.15, -0.1) is 20.6 Å². The normalized spacial score (nSPS) is 17.0. The Morgan fingerprint density at radius 2 is 2.08 bits per heavy atom. The molecule has 7 nitrogen and oxygen atoms in total. The first-order valence-corrected chi connectivity index (χ1v) is 9.83. The maximum Gasteiger partial charge on any atom is 0.269 e. The summed E-state index contributed by atoms with van der Waals surface area (Å²) in [7, 11) is 0. The van der Waals surface area contributed by atoms with E-state index in [-0.39, 0.29) is 17.1 Å². The minimum absolute atomic E-state index is 0.156. The van der Waals surface area contributed by atoms with Crippen LogP contribution in [-0.2, 0) is 11.2 Å². The van der Waals surface area contributed by atoms with Gasteiger partial charge in [-0.05, 0) is 29.2 Å². The number of amidine groups is 2. The number of aromatic hydroxyl groups is 1. The van der Waals surface area contributed by atoms with E-state index in [1.165, 1.54) is 6.07 Å². The fourth-order valence-corrected chi connectivity index (χ4v) is 3.58. The lowest BCUT2D eigenvalue weighted by atomic mass is 10.2. The van der Waals surface area contributed by atoms with Crippen LogP contribution < -0.4 is 10.6 Å². The Kier molecular flexibility index (Phi) is 7.20. The number of phenolic OH excluding ortho intramolecular Hbond substituents is 1. The second-order valence-corrected chi connectivity index (χ2v) is 7.18. The van der Waals surface area contributed by atoms with Crippen molar-refractivity contribution in [2.24, 2.45) is 8.80 Å². The predicted octanol–water partition coefficient (Wildman–Crippen LogP) is 2.64. The summed E-state index contributed by atoms with van der Waals surface area (Å²) in [5, 5.41) is 16.1. The van der Waals surface area contributed by atoms with E-state index in [0.717, 1.165) is 17.1 Å². The van der Waals surface area contributed by atoms with Gasteiger partial charge in [0.15, 0.2) is 18.0 Å². The van der Waals surface area contributed by atoms with Gasteiger partial charge in [0.25, 0.3) is 11.2 Å². The molecule has 1 aromatic rings. The fraction of sp³-hybridized carbons (Fsp3) is 0.312. The molecule has 0 saturated heterocycles. The Labute approximate surface area is 153 Å². The average Bonchev–Trinajstić information content (AvgIpc) is 2.94. The van der Waals surface area contributed by atoms with Crippen molar-refractivity contribution in [3.63, 3.8) is 0 Å². The number of nitrogens with one attached hydrogen (secondary N) is 2. The quantitative estimate of drug-likeness (QED) is 0.496. The van der Waals surface area contributed by atoms with E-state index in [1.54, 1.807) is 23.9 Å². The van der Waals surface area contributed by atoms with E-state index >= 15 is 0 Å². The maximum atomic E-state index is 11.7. The van der Waals surface area contributed by atoms with Gasteiger partial charge in [0.1, 0.15) is 5.75 Å². The van der Waals surface area contributed by atoms with Crippen LogP contribution in [-0.4, -0.2) is 39.6 Å². The monoisotopic (exact) mass is 380 g/mol. The first-order valence-electron chi connectivity index (χ1n) is 7.78. The third-order valence-corrected chi connectivity index (χ3v) is 4.85.